The van der Waals surface area contributed by atoms with E-state index in [0.717, 1.165) is 23.2 Å². The molecule has 0 spiro atoms. The van der Waals surface area contributed by atoms with Crippen molar-refractivity contribution in [2.45, 2.75) is 32.2 Å². The third-order valence-electron chi connectivity index (χ3n) is 5.60. The predicted molar refractivity (Wildman–Crippen MR) is 107 cm³/mol. The molecule has 1 atom stereocenters. The molecule has 2 nitrogen and oxygen atoms in total. The molecule has 0 saturated carbocycles. The van der Waals surface area contributed by atoms with Gasteiger partial charge in [-0.1, -0.05) is 73.7 Å². The number of carbonyl (C=O) groups is 1. The maximum atomic E-state index is 13.3. The normalized spacial score (nSPS) is 18.8. The molecular weight excluding hydrogens is 318 g/mol. The van der Waals surface area contributed by atoms with E-state index in [9.17, 15) is 4.79 Å². The molecule has 0 fully saturated rings. The zero-order valence-electron chi connectivity index (χ0n) is 15.3. The second kappa shape index (κ2) is 6.45. The summed E-state index contributed by atoms with van der Waals surface area (Å²) < 4.78 is 0. The first-order valence-corrected chi connectivity index (χ1v) is 9.19. The lowest BCUT2D eigenvalue weighted by atomic mass is 9.80. The van der Waals surface area contributed by atoms with E-state index < -0.39 is 5.41 Å². The lowest BCUT2D eigenvalue weighted by Gasteiger charge is -2.23. The molecule has 0 aliphatic carbocycles. The monoisotopic (exact) mass is 341 g/mol. The molecule has 130 valence electrons. The molecule has 0 saturated heterocycles. The molecule has 2 heteroatoms. The summed E-state index contributed by atoms with van der Waals surface area (Å²) in [6.07, 6.45) is 0.794. The topological polar surface area (TPSA) is 20.3 Å². The largest absolute Gasteiger partial charge is 0.307 e. The number of amides is 1. The molecule has 0 bridgehead atoms. The number of fused-ring (bicyclic) bond motifs is 1. The summed E-state index contributed by atoms with van der Waals surface area (Å²) in [5, 5.41) is 0. The second-order valence-corrected chi connectivity index (χ2v) is 7.16. The molecule has 4 rings (SSSR count). The van der Waals surface area contributed by atoms with Crippen LogP contribution >= 0.6 is 0 Å². The molecule has 3 aromatic rings. The molecule has 1 aliphatic rings. The van der Waals surface area contributed by atoms with Crippen LogP contribution < -0.4 is 4.90 Å². The van der Waals surface area contributed by atoms with Crippen LogP contribution in [0, 0.1) is 0 Å². The number of carbonyl (C=O) groups excluding carboxylic acids is 1. The molecule has 3 aromatic carbocycles. The van der Waals surface area contributed by atoms with Crippen molar-refractivity contribution in [2.24, 2.45) is 0 Å². The Morgan fingerprint density at radius 3 is 2.15 bits per heavy atom. The highest BCUT2D eigenvalue weighted by Gasteiger charge is 2.46. The van der Waals surface area contributed by atoms with Crippen LogP contribution in [-0.2, 0) is 16.8 Å². The van der Waals surface area contributed by atoms with E-state index in [-0.39, 0.29) is 5.91 Å². The molecular formula is C24H23NO. The van der Waals surface area contributed by atoms with Crippen molar-refractivity contribution < 1.29 is 4.79 Å². The summed E-state index contributed by atoms with van der Waals surface area (Å²) in [5.41, 5.74) is 5.22. The number of anilines is 1. The van der Waals surface area contributed by atoms with E-state index >= 15 is 0 Å². The van der Waals surface area contributed by atoms with Crippen molar-refractivity contribution in [1.82, 2.24) is 0 Å². The highest BCUT2D eigenvalue weighted by molar-refractivity contribution is 6.08. The maximum Gasteiger partial charge on any atom is 0.237 e. The summed E-state index contributed by atoms with van der Waals surface area (Å²) in [6.45, 7) is 4.80. The minimum absolute atomic E-state index is 0.198. The summed E-state index contributed by atoms with van der Waals surface area (Å²) in [7, 11) is 0. The maximum absolute atomic E-state index is 13.3. The first-order chi connectivity index (χ1) is 12.6. The van der Waals surface area contributed by atoms with Crippen LogP contribution in [-0.4, -0.2) is 5.91 Å². The second-order valence-electron chi connectivity index (χ2n) is 7.16. The average Bonchev–Trinajstić information content (AvgIpc) is 2.91. The van der Waals surface area contributed by atoms with Crippen molar-refractivity contribution in [3.05, 3.63) is 90.0 Å². The van der Waals surface area contributed by atoms with Gasteiger partial charge in [-0.2, -0.15) is 0 Å². The standard InChI is InChI=1S/C24H23NO/c1-3-24(2)21-16-20(19-12-8-5-9-13-19)14-15-22(21)25(23(24)26)17-18-10-6-4-7-11-18/h4-16H,3,17H2,1-2H3. The first kappa shape index (κ1) is 16.6. The van der Waals surface area contributed by atoms with Gasteiger partial charge in [0.25, 0.3) is 0 Å². The Hall–Kier alpha value is -2.87. The van der Waals surface area contributed by atoms with Crippen molar-refractivity contribution in [3.63, 3.8) is 0 Å². The molecule has 1 aliphatic heterocycles. The van der Waals surface area contributed by atoms with Gasteiger partial charge in [-0.05, 0) is 47.7 Å². The van der Waals surface area contributed by atoms with Crippen LogP contribution in [0.25, 0.3) is 11.1 Å². The number of benzene rings is 3. The van der Waals surface area contributed by atoms with Crippen LogP contribution in [0.4, 0.5) is 5.69 Å². The van der Waals surface area contributed by atoms with E-state index in [4.69, 9.17) is 0 Å². The van der Waals surface area contributed by atoms with Crippen LogP contribution in [0.15, 0.2) is 78.9 Å². The van der Waals surface area contributed by atoms with Gasteiger partial charge in [0, 0.05) is 5.69 Å². The SMILES string of the molecule is CCC1(C)C(=O)N(Cc2ccccc2)c2ccc(-c3ccccc3)cc21. The Morgan fingerprint density at radius 1 is 0.846 bits per heavy atom. The van der Waals surface area contributed by atoms with Crippen LogP contribution in [0.3, 0.4) is 0 Å². The van der Waals surface area contributed by atoms with Crippen LogP contribution in [0.1, 0.15) is 31.4 Å². The lowest BCUT2D eigenvalue weighted by Crippen LogP contribution is -2.37. The molecule has 0 radical (unpaired) electrons. The fraction of sp³-hybridized carbons (Fsp3) is 0.208. The zero-order valence-corrected chi connectivity index (χ0v) is 15.3. The van der Waals surface area contributed by atoms with Gasteiger partial charge < -0.3 is 4.90 Å². The number of hydrogen-bond acceptors (Lipinski definition) is 1. The number of hydrogen-bond donors (Lipinski definition) is 0. The Kier molecular flexibility index (Phi) is 4.12. The molecule has 0 N–H and O–H groups in total. The van der Waals surface area contributed by atoms with Gasteiger partial charge in [0.1, 0.15) is 0 Å². The summed E-state index contributed by atoms with van der Waals surface area (Å²) in [6, 6.07) is 27.0. The summed E-state index contributed by atoms with van der Waals surface area (Å²) >= 11 is 0. The fourth-order valence-corrected chi connectivity index (χ4v) is 3.81. The van der Waals surface area contributed by atoms with Gasteiger partial charge in [-0.15, -0.1) is 0 Å². The van der Waals surface area contributed by atoms with Gasteiger partial charge in [-0.25, -0.2) is 0 Å². The van der Waals surface area contributed by atoms with Gasteiger partial charge in [-0.3, -0.25) is 4.79 Å². The quantitative estimate of drug-likeness (QED) is 0.607. The Bertz CT molecular complexity index is 933. The van der Waals surface area contributed by atoms with E-state index in [2.05, 4.69) is 68.4 Å². The molecule has 1 heterocycles. The van der Waals surface area contributed by atoms with Crippen LogP contribution in [0.2, 0.25) is 0 Å². The van der Waals surface area contributed by atoms with E-state index in [1.54, 1.807) is 0 Å². The summed E-state index contributed by atoms with van der Waals surface area (Å²) in [5.74, 6) is 0.198. The highest BCUT2D eigenvalue weighted by atomic mass is 16.2. The van der Waals surface area contributed by atoms with Gasteiger partial charge in [0.05, 0.1) is 12.0 Å². The highest BCUT2D eigenvalue weighted by Crippen LogP contribution is 2.45. The van der Waals surface area contributed by atoms with Crippen LogP contribution in [0.5, 0.6) is 0 Å². The van der Waals surface area contributed by atoms with Gasteiger partial charge in [0.15, 0.2) is 0 Å². The van der Waals surface area contributed by atoms with Gasteiger partial charge >= 0.3 is 0 Å². The Balaban J connectivity index is 1.79. The number of nitrogens with zero attached hydrogens (tertiary/aromatic N) is 1. The smallest absolute Gasteiger partial charge is 0.237 e. The lowest BCUT2D eigenvalue weighted by molar-refractivity contribution is -0.122. The third kappa shape index (κ3) is 2.62. The van der Waals surface area contributed by atoms with Crippen molar-refractivity contribution in [1.29, 1.82) is 0 Å². The average molecular weight is 341 g/mol. The number of rotatable bonds is 4. The van der Waals surface area contributed by atoms with E-state index in [0.29, 0.717) is 6.54 Å². The fourth-order valence-electron chi connectivity index (χ4n) is 3.81. The van der Waals surface area contributed by atoms with Crippen molar-refractivity contribution >= 4 is 11.6 Å². The minimum Gasteiger partial charge on any atom is -0.307 e. The van der Waals surface area contributed by atoms with E-state index in [1.807, 2.05) is 29.2 Å². The van der Waals surface area contributed by atoms with Crippen molar-refractivity contribution in [2.75, 3.05) is 4.90 Å². The molecule has 0 aromatic heterocycles. The summed E-state index contributed by atoms with van der Waals surface area (Å²) in [4.78, 5) is 15.2. The molecule has 1 unspecified atom stereocenters. The first-order valence-electron chi connectivity index (χ1n) is 9.19. The molecule has 1 amide bonds. The van der Waals surface area contributed by atoms with Crippen molar-refractivity contribution in [3.8, 4) is 11.1 Å². The Morgan fingerprint density at radius 2 is 1.50 bits per heavy atom. The Labute approximate surface area is 155 Å². The molecule has 26 heavy (non-hydrogen) atoms. The predicted octanol–water partition coefficient (Wildman–Crippen LogP) is 5.57. The zero-order chi connectivity index (χ0) is 18.1. The van der Waals surface area contributed by atoms with E-state index in [1.165, 1.54) is 11.1 Å². The minimum atomic E-state index is -0.463. The third-order valence-corrected chi connectivity index (χ3v) is 5.60. The van der Waals surface area contributed by atoms with Gasteiger partial charge in [0.2, 0.25) is 5.91 Å².